The van der Waals surface area contributed by atoms with Gasteiger partial charge in [-0.05, 0) is 12.5 Å². The Balaban J connectivity index is 2.24. The van der Waals surface area contributed by atoms with Crippen LogP contribution < -0.4 is 10.6 Å². The minimum Gasteiger partial charge on any atom is -0.384 e. The highest BCUT2D eigenvalue weighted by molar-refractivity contribution is 5.99. The van der Waals surface area contributed by atoms with Crippen LogP contribution in [0.15, 0.2) is 12.3 Å². The quantitative estimate of drug-likeness (QED) is 0.553. The topological polar surface area (TPSA) is 88.1 Å². The number of nitrogens with two attached hydrogens (primary N) is 1. The van der Waals surface area contributed by atoms with Crippen molar-refractivity contribution < 1.29 is 4.74 Å². The zero-order valence-corrected chi connectivity index (χ0v) is 9.18. The van der Waals surface area contributed by atoms with Crippen LogP contribution in [0.3, 0.4) is 0 Å². The smallest absolute Gasteiger partial charge is 0.162 e. The summed E-state index contributed by atoms with van der Waals surface area (Å²) in [4.78, 5) is 2.05. The van der Waals surface area contributed by atoms with Crippen molar-refractivity contribution >= 4 is 11.7 Å². The molecule has 0 amide bonds. The minimum atomic E-state index is 0.0192. The van der Waals surface area contributed by atoms with Crippen molar-refractivity contribution in [2.24, 2.45) is 5.73 Å². The van der Waals surface area contributed by atoms with E-state index in [4.69, 9.17) is 15.9 Å². The molecule has 86 valence electrons. The van der Waals surface area contributed by atoms with Crippen molar-refractivity contribution in [2.45, 2.75) is 12.5 Å². The second-order valence-electron chi connectivity index (χ2n) is 3.77. The fraction of sp³-hybridized carbons (Fsp3) is 0.500. The maximum absolute atomic E-state index is 7.49. The van der Waals surface area contributed by atoms with E-state index in [2.05, 4.69) is 15.1 Å². The van der Waals surface area contributed by atoms with E-state index in [1.54, 1.807) is 19.4 Å². The van der Waals surface area contributed by atoms with Crippen molar-refractivity contribution in [1.82, 2.24) is 10.2 Å². The van der Waals surface area contributed by atoms with E-state index in [9.17, 15) is 0 Å². The number of nitrogen functional groups attached to an aromatic ring is 1. The van der Waals surface area contributed by atoms with Crippen LogP contribution in [-0.4, -0.2) is 42.3 Å². The van der Waals surface area contributed by atoms with Gasteiger partial charge in [0.1, 0.15) is 5.84 Å². The Morgan fingerprint density at radius 3 is 3.12 bits per heavy atom. The van der Waals surface area contributed by atoms with Crippen LogP contribution in [-0.2, 0) is 4.74 Å². The van der Waals surface area contributed by atoms with Gasteiger partial charge in [0.15, 0.2) is 5.82 Å². The van der Waals surface area contributed by atoms with E-state index in [1.165, 1.54) is 0 Å². The summed E-state index contributed by atoms with van der Waals surface area (Å²) in [5.41, 5.74) is 6.14. The zero-order chi connectivity index (χ0) is 11.5. The second-order valence-corrected chi connectivity index (χ2v) is 3.77. The van der Waals surface area contributed by atoms with Crippen molar-refractivity contribution in [3.8, 4) is 0 Å². The molecule has 1 fully saturated rings. The molecule has 16 heavy (non-hydrogen) atoms. The Hall–Kier alpha value is -1.69. The third-order valence-corrected chi connectivity index (χ3v) is 2.77. The standard InChI is InChI=1S/C10H15N5O/c1-16-7-3-5-15(6-7)10-8(9(11)12)2-4-13-14-10/h2,4,7H,3,5-6H2,1H3,(H3,11,12). The molecule has 3 N–H and O–H groups in total. The van der Waals surface area contributed by atoms with E-state index in [1.807, 2.05) is 0 Å². The van der Waals surface area contributed by atoms with Gasteiger partial charge in [0.2, 0.25) is 0 Å². The number of rotatable bonds is 3. The van der Waals surface area contributed by atoms with E-state index in [0.717, 1.165) is 19.5 Å². The van der Waals surface area contributed by atoms with Gasteiger partial charge >= 0.3 is 0 Å². The molecular weight excluding hydrogens is 206 g/mol. The fourth-order valence-electron chi connectivity index (χ4n) is 1.88. The monoisotopic (exact) mass is 221 g/mol. The first-order valence-corrected chi connectivity index (χ1v) is 5.16. The van der Waals surface area contributed by atoms with Crippen LogP contribution in [0.2, 0.25) is 0 Å². The van der Waals surface area contributed by atoms with Gasteiger partial charge in [-0.15, -0.1) is 5.10 Å². The molecule has 1 aliphatic rings. The molecule has 0 radical (unpaired) electrons. The molecule has 1 aromatic heterocycles. The lowest BCUT2D eigenvalue weighted by Gasteiger charge is -2.18. The summed E-state index contributed by atoms with van der Waals surface area (Å²) in [6, 6.07) is 1.71. The molecule has 1 atom stereocenters. The Kier molecular flexibility index (Phi) is 3.00. The highest BCUT2D eigenvalue weighted by Gasteiger charge is 2.25. The van der Waals surface area contributed by atoms with E-state index < -0.39 is 0 Å². The maximum Gasteiger partial charge on any atom is 0.162 e. The van der Waals surface area contributed by atoms with Gasteiger partial charge in [-0.3, -0.25) is 5.41 Å². The number of nitrogens with one attached hydrogen (secondary N) is 1. The molecule has 2 heterocycles. The Labute approximate surface area is 93.9 Å². The number of hydrogen-bond acceptors (Lipinski definition) is 5. The molecule has 1 aromatic rings. The average molecular weight is 221 g/mol. The SMILES string of the molecule is COC1CCN(c2nnccc2C(=N)N)C1. The van der Waals surface area contributed by atoms with Crippen molar-refractivity contribution in [2.75, 3.05) is 25.1 Å². The van der Waals surface area contributed by atoms with Crippen molar-refractivity contribution in [1.29, 1.82) is 5.41 Å². The lowest BCUT2D eigenvalue weighted by Crippen LogP contribution is -2.27. The fourth-order valence-corrected chi connectivity index (χ4v) is 1.88. The molecule has 0 aliphatic carbocycles. The number of amidine groups is 1. The summed E-state index contributed by atoms with van der Waals surface area (Å²) in [6.45, 7) is 1.63. The molecule has 1 aliphatic heterocycles. The van der Waals surface area contributed by atoms with Crippen molar-refractivity contribution in [3.63, 3.8) is 0 Å². The Morgan fingerprint density at radius 2 is 2.50 bits per heavy atom. The first-order valence-electron chi connectivity index (χ1n) is 5.16. The summed E-state index contributed by atoms with van der Waals surface area (Å²) in [5, 5.41) is 15.4. The van der Waals surface area contributed by atoms with Gasteiger partial charge in [0.05, 0.1) is 17.9 Å². The number of hydrogen-bond donors (Lipinski definition) is 2. The van der Waals surface area contributed by atoms with Crippen LogP contribution in [0.25, 0.3) is 0 Å². The molecular formula is C10H15N5O. The van der Waals surface area contributed by atoms with Gasteiger partial charge in [-0.25, -0.2) is 0 Å². The Morgan fingerprint density at radius 1 is 1.69 bits per heavy atom. The first kappa shape index (κ1) is 10.8. The lowest BCUT2D eigenvalue weighted by atomic mass is 10.2. The number of anilines is 1. The summed E-state index contributed by atoms with van der Waals surface area (Å²) in [7, 11) is 1.71. The third-order valence-electron chi connectivity index (χ3n) is 2.77. The third kappa shape index (κ3) is 1.96. The van der Waals surface area contributed by atoms with E-state index in [-0.39, 0.29) is 11.9 Å². The van der Waals surface area contributed by atoms with Crippen LogP contribution in [0.5, 0.6) is 0 Å². The molecule has 0 bridgehead atoms. The Bertz CT molecular complexity index is 395. The molecule has 0 spiro atoms. The number of aromatic nitrogens is 2. The predicted octanol–water partition coefficient (Wildman–Crippen LogP) is -0.0142. The normalized spacial score (nSPS) is 20.1. The molecule has 6 nitrogen and oxygen atoms in total. The van der Waals surface area contributed by atoms with E-state index in [0.29, 0.717) is 11.4 Å². The van der Waals surface area contributed by atoms with Crippen LogP contribution in [0.4, 0.5) is 5.82 Å². The number of methoxy groups -OCH3 is 1. The highest BCUT2D eigenvalue weighted by Crippen LogP contribution is 2.22. The van der Waals surface area contributed by atoms with Crippen LogP contribution in [0.1, 0.15) is 12.0 Å². The summed E-state index contributed by atoms with van der Waals surface area (Å²) in [5.74, 6) is 0.695. The molecule has 0 saturated carbocycles. The summed E-state index contributed by atoms with van der Waals surface area (Å²) in [6.07, 6.45) is 2.73. The van der Waals surface area contributed by atoms with E-state index >= 15 is 0 Å². The summed E-state index contributed by atoms with van der Waals surface area (Å²) < 4.78 is 5.29. The molecule has 1 saturated heterocycles. The molecule has 6 heteroatoms. The molecule has 2 rings (SSSR count). The second kappa shape index (κ2) is 4.44. The lowest BCUT2D eigenvalue weighted by molar-refractivity contribution is 0.121. The molecule has 0 aromatic carbocycles. The minimum absolute atomic E-state index is 0.0192. The number of nitrogens with zero attached hydrogens (tertiary/aromatic N) is 3. The van der Waals surface area contributed by atoms with Gasteiger partial charge in [0, 0.05) is 20.2 Å². The van der Waals surface area contributed by atoms with Gasteiger partial charge in [0.25, 0.3) is 0 Å². The summed E-state index contributed by atoms with van der Waals surface area (Å²) >= 11 is 0. The predicted molar refractivity (Wildman–Crippen MR) is 60.7 cm³/mol. The average Bonchev–Trinajstić information content (AvgIpc) is 2.77. The van der Waals surface area contributed by atoms with Crippen LogP contribution >= 0.6 is 0 Å². The first-order chi connectivity index (χ1) is 7.72. The maximum atomic E-state index is 7.49. The number of ether oxygens (including phenoxy) is 1. The van der Waals surface area contributed by atoms with Crippen molar-refractivity contribution in [3.05, 3.63) is 17.8 Å². The van der Waals surface area contributed by atoms with Gasteiger partial charge in [-0.2, -0.15) is 5.10 Å². The van der Waals surface area contributed by atoms with Crippen LogP contribution in [0, 0.1) is 5.41 Å². The van der Waals surface area contributed by atoms with Gasteiger partial charge < -0.3 is 15.4 Å². The largest absolute Gasteiger partial charge is 0.384 e. The van der Waals surface area contributed by atoms with Gasteiger partial charge in [-0.1, -0.05) is 0 Å². The molecule has 1 unspecified atom stereocenters. The highest BCUT2D eigenvalue weighted by atomic mass is 16.5. The zero-order valence-electron chi connectivity index (χ0n) is 9.18.